The maximum absolute atomic E-state index is 13.6. The topological polar surface area (TPSA) is 53.6 Å². The average molecular weight is 418 g/mol. The molecule has 2 aromatic heterocycles. The van der Waals surface area contributed by atoms with Gasteiger partial charge in [0.25, 0.3) is 0 Å². The fourth-order valence-corrected chi connectivity index (χ4v) is 3.12. The Labute approximate surface area is 173 Å². The summed E-state index contributed by atoms with van der Waals surface area (Å²) < 4.78 is 13.6. The molecule has 2 aromatic carbocycles. The smallest absolute Gasteiger partial charge is 0.160 e. The van der Waals surface area contributed by atoms with Crippen LogP contribution in [0.3, 0.4) is 0 Å². The second-order valence-corrected chi connectivity index (χ2v) is 6.54. The van der Waals surface area contributed by atoms with Gasteiger partial charge in [0.05, 0.1) is 11.2 Å². The number of nitrogens with one attached hydrogen (secondary N) is 2. The fourth-order valence-electron chi connectivity index (χ4n) is 2.88. The van der Waals surface area contributed by atoms with E-state index >= 15 is 0 Å². The van der Waals surface area contributed by atoms with Crippen LogP contribution in [0.5, 0.6) is 0 Å². The van der Waals surface area contributed by atoms with E-state index in [0.717, 1.165) is 33.7 Å². The number of hydrogen-bond acceptors (Lipinski definition) is 3. The van der Waals surface area contributed by atoms with Gasteiger partial charge in [0, 0.05) is 45.9 Å². The average Bonchev–Trinajstić information content (AvgIpc) is 3.01. The van der Waals surface area contributed by atoms with Crippen molar-refractivity contribution >= 4 is 34.0 Å². The molecule has 1 radical (unpaired) electrons. The Morgan fingerprint density at radius 2 is 1.85 bits per heavy atom. The van der Waals surface area contributed by atoms with Crippen LogP contribution in [0.1, 0.15) is 11.3 Å². The molecule has 2 N–H and O–H groups in total. The molecule has 27 heavy (non-hydrogen) atoms. The van der Waals surface area contributed by atoms with Crippen molar-refractivity contribution in [2.24, 2.45) is 0 Å². The number of aryl methyl sites for hydroxylation is 1. The molecule has 0 atom stereocenters. The van der Waals surface area contributed by atoms with Crippen molar-refractivity contribution in [1.29, 1.82) is 0 Å². The molecule has 135 valence electrons. The first kappa shape index (κ1) is 19.4. The summed E-state index contributed by atoms with van der Waals surface area (Å²) in [5.74, 6) is 0.264. The molecule has 4 aromatic rings. The predicted octanol–water partition coefficient (Wildman–Crippen LogP) is 5.78. The Hall–Kier alpha value is -2.34. The van der Waals surface area contributed by atoms with Gasteiger partial charge in [-0.25, -0.2) is 4.39 Å². The molecule has 2 heterocycles. The number of nitrogens with zero attached hydrogens (tertiary/aromatic N) is 2. The van der Waals surface area contributed by atoms with E-state index in [-0.39, 0.29) is 24.4 Å². The quantitative estimate of drug-likeness (QED) is 0.444. The molecule has 0 bridgehead atoms. The molecule has 4 nitrogen and oxygen atoms in total. The zero-order valence-electron chi connectivity index (χ0n) is 14.7. The maximum Gasteiger partial charge on any atom is 0.160 e. The second-order valence-electron chi connectivity index (χ2n) is 6.13. The Balaban J connectivity index is 0.00000210. The molecular formula is C20H16ClFN4V. The zero-order valence-corrected chi connectivity index (χ0v) is 16.9. The number of fused-ring (bicyclic) bond motifs is 1. The number of pyridine rings is 1. The van der Waals surface area contributed by atoms with Gasteiger partial charge in [0.15, 0.2) is 5.82 Å². The van der Waals surface area contributed by atoms with Gasteiger partial charge in [-0.05, 0) is 49.7 Å². The largest absolute Gasteiger partial charge is 0.338 e. The Morgan fingerprint density at radius 3 is 2.63 bits per heavy atom. The minimum Gasteiger partial charge on any atom is -0.338 e. The third-order valence-corrected chi connectivity index (χ3v) is 4.77. The minimum absolute atomic E-state index is 0. The number of benzene rings is 2. The van der Waals surface area contributed by atoms with Crippen LogP contribution in [-0.4, -0.2) is 15.2 Å². The van der Waals surface area contributed by atoms with Crippen LogP contribution >= 0.6 is 11.6 Å². The molecule has 0 aliphatic carbocycles. The number of anilines is 2. The summed E-state index contributed by atoms with van der Waals surface area (Å²) >= 11 is 6.32. The van der Waals surface area contributed by atoms with Crippen LogP contribution in [0, 0.1) is 19.7 Å². The Kier molecular flexibility index (Phi) is 5.56. The third kappa shape index (κ3) is 3.72. The standard InChI is InChI=1S/C20H16ClFN4.V/c1-11-12(2)23-19(14-5-3-4-6-16(14)21)10-18(11)24-20-15-9-13(22)7-8-17(15)25-26-20;/h3-10H,1-2H3,(H2,23,24,25,26);. The van der Waals surface area contributed by atoms with Crippen LogP contribution in [0.15, 0.2) is 48.5 Å². The van der Waals surface area contributed by atoms with E-state index in [1.807, 2.05) is 44.2 Å². The molecule has 0 amide bonds. The molecule has 0 unspecified atom stereocenters. The summed E-state index contributed by atoms with van der Waals surface area (Å²) in [5.41, 5.74) is 5.13. The summed E-state index contributed by atoms with van der Waals surface area (Å²) in [7, 11) is 0. The number of halogens is 2. The molecule has 0 aliphatic rings. The molecule has 7 heteroatoms. The van der Waals surface area contributed by atoms with Crippen LogP contribution in [0.25, 0.3) is 22.2 Å². The van der Waals surface area contributed by atoms with Crippen molar-refractivity contribution in [2.45, 2.75) is 13.8 Å². The number of aromatic nitrogens is 3. The monoisotopic (exact) mass is 417 g/mol. The molecule has 0 aliphatic heterocycles. The third-order valence-electron chi connectivity index (χ3n) is 4.44. The van der Waals surface area contributed by atoms with Gasteiger partial charge in [-0.15, -0.1) is 0 Å². The molecule has 0 spiro atoms. The van der Waals surface area contributed by atoms with Crippen molar-refractivity contribution < 1.29 is 22.9 Å². The summed E-state index contributed by atoms with van der Waals surface area (Å²) in [5, 5.41) is 11.8. The maximum atomic E-state index is 13.6. The van der Waals surface area contributed by atoms with E-state index in [0.29, 0.717) is 16.2 Å². The Bertz CT molecular complexity index is 1130. The van der Waals surface area contributed by atoms with Crippen LogP contribution < -0.4 is 5.32 Å². The minimum atomic E-state index is -0.304. The Morgan fingerprint density at radius 1 is 1.07 bits per heavy atom. The van der Waals surface area contributed by atoms with E-state index in [1.165, 1.54) is 12.1 Å². The number of aromatic amines is 1. The number of hydrogen-bond donors (Lipinski definition) is 2. The fraction of sp³-hybridized carbons (Fsp3) is 0.100. The van der Waals surface area contributed by atoms with E-state index in [2.05, 4.69) is 20.5 Å². The van der Waals surface area contributed by atoms with Crippen molar-refractivity contribution in [3.05, 3.63) is 70.6 Å². The molecule has 0 saturated heterocycles. The summed E-state index contributed by atoms with van der Waals surface area (Å²) in [6, 6.07) is 14.0. The first-order valence-electron chi connectivity index (χ1n) is 8.17. The summed E-state index contributed by atoms with van der Waals surface area (Å²) in [6.07, 6.45) is 0. The number of H-pyrrole nitrogens is 1. The predicted molar refractivity (Wildman–Crippen MR) is 103 cm³/mol. The van der Waals surface area contributed by atoms with Gasteiger partial charge in [-0.2, -0.15) is 5.10 Å². The van der Waals surface area contributed by atoms with Crippen LogP contribution in [0.2, 0.25) is 5.02 Å². The van der Waals surface area contributed by atoms with Gasteiger partial charge in [-0.3, -0.25) is 10.1 Å². The zero-order chi connectivity index (χ0) is 18.3. The van der Waals surface area contributed by atoms with E-state index in [9.17, 15) is 4.39 Å². The van der Waals surface area contributed by atoms with Crippen molar-refractivity contribution in [2.75, 3.05) is 5.32 Å². The van der Waals surface area contributed by atoms with Crippen molar-refractivity contribution in [1.82, 2.24) is 15.2 Å². The van der Waals surface area contributed by atoms with Crippen LogP contribution in [0.4, 0.5) is 15.9 Å². The van der Waals surface area contributed by atoms with E-state index in [4.69, 9.17) is 11.6 Å². The summed E-state index contributed by atoms with van der Waals surface area (Å²) in [6.45, 7) is 3.93. The van der Waals surface area contributed by atoms with Gasteiger partial charge in [0.2, 0.25) is 0 Å². The van der Waals surface area contributed by atoms with Crippen molar-refractivity contribution in [3.63, 3.8) is 0 Å². The van der Waals surface area contributed by atoms with E-state index < -0.39 is 0 Å². The second kappa shape index (κ2) is 7.73. The van der Waals surface area contributed by atoms with Gasteiger partial charge >= 0.3 is 0 Å². The van der Waals surface area contributed by atoms with E-state index in [1.54, 1.807) is 6.07 Å². The van der Waals surface area contributed by atoms with Crippen LogP contribution in [-0.2, 0) is 18.6 Å². The summed E-state index contributed by atoms with van der Waals surface area (Å²) in [4.78, 5) is 4.66. The normalized spacial score (nSPS) is 10.7. The van der Waals surface area contributed by atoms with Gasteiger partial charge in [-0.1, -0.05) is 29.8 Å². The SMILES string of the molecule is Cc1nc(-c2ccccc2Cl)cc(Nc2n[nH]c3ccc(F)cc23)c1C.[V]. The first-order chi connectivity index (χ1) is 12.5. The van der Waals surface area contributed by atoms with Crippen molar-refractivity contribution in [3.8, 4) is 11.3 Å². The first-order valence-corrected chi connectivity index (χ1v) is 8.54. The molecular weight excluding hydrogens is 402 g/mol. The molecule has 4 rings (SSSR count). The molecule has 0 fully saturated rings. The van der Waals surface area contributed by atoms with Gasteiger partial charge < -0.3 is 5.32 Å². The molecule has 0 saturated carbocycles. The van der Waals surface area contributed by atoms with Gasteiger partial charge in [0.1, 0.15) is 5.82 Å². The number of rotatable bonds is 3.